The molecule has 2 unspecified atom stereocenters. The molecule has 0 bridgehead atoms. The Morgan fingerprint density at radius 2 is 1.94 bits per heavy atom. The quantitative estimate of drug-likeness (QED) is 0.659. The van der Waals surface area contributed by atoms with Gasteiger partial charge in [0.15, 0.2) is 11.9 Å². The van der Waals surface area contributed by atoms with Crippen LogP contribution in [-0.2, 0) is 4.79 Å². The molecule has 1 aromatic rings. The van der Waals surface area contributed by atoms with E-state index in [2.05, 4.69) is 15.9 Å². The van der Waals surface area contributed by atoms with Crippen molar-refractivity contribution in [1.82, 2.24) is 0 Å². The van der Waals surface area contributed by atoms with E-state index in [9.17, 15) is 14.7 Å². The van der Waals surface area contributed by atoms with Crippen molar-refractivity contribution >= 4 is 27.7 Å². The third-order valence-electron chi connectivity index (χ3n) is 2.44. The Hall–Kier alpha value is -1.20. The SMILES string of the molecule is Cc1cc(C(=O)C(C)Br)ccc1C(O)C(=O)O. The van der Waals surface area contributed by atoms with E-state index in [1.165, 1.54) is 12.1 Å². The first-order valence-corrected chi connectivity index (χ1v) is 5.96. The molecule has 0 saturated heterocycles. The first-order chi connectivity index (χ1) is 7.84. The molecule has 1 aromatic carbocycles. The fourth-order valence-electron chi connectivity index (χ4n) is 1.50. The number of rotatable bonds is 4. The lowest BCUT2D eigenvalue weighted by molar-refractivity contribution is -0.147. The van der Waals surface area contributed by atoms with Gasteiger partial charge in [0.2, 0.25) is 0 Å². The van der Waals surface area contributed by atoms with Gasteiger partial charge in [-0.2, -0.15) is 0 Å². The summed E-state index contributed by atoms with van der Waals surface area (Å²) < 4.78 is 0. The molecule has 0 amide bonds. The summed E-state index contributed by atoms with van der Waals surface area (Å²) in [6, 6.07) is 4.58. The number of hydrogen-bond donors (Lipinski definition) is 2. The molecule has 0 spiro atoms. The number of carbonyl (C=O) groups is 2. The number of hydrogen-bond acceptors (Lipinski definition) is 3. The van der Waals surface area contributed by atoms with Gasteiger partial charge >= 0.3 is 5.97 Å². The van der Waals surface area contributed by atoms with Crippen molar-refractivity contribution < 1.29 is 19.8 Å². The third-order valence-corrected chi connectivity index (χ3v) is 2.86. The number of carboxylic acids is 1. The van der Waals surface area contributed by atoms with Crippen LogP contribution in [0.3, 0.4) is 0 Å². The van der Waals surface area contributed by atoms with E-state index in [-0.39, 0.29) is 10.6 Å². The number of aliphatic carboxylic acids is 1. The average molecular weight is 301 g/mol. The smallest absolute Gasteiger partial charge is 0.337 e. The zero-order valence-electron chi connectivity index (χ0n) is 9.48. The highest BCUT2D eigenvalue weighted by Gasteiger charge is 2.19. The molecule has 0 aliphatic rings. The second kappa shape index (κ2) is 5.42. The summed E-state index contributed by atoms with van der Waals surface area (Å²) in [6.45, 7) is 3.38. The van der Waals surface area contributed by atoms with E-state index >= 15 is 0 Å². The number of ketones is 1. The molecule has 2 N–H and O–H groups in total. The monoisotopic (exact) mass is 300 g/mol. The minimum Gasteiger partial charge on any atom is -0.479 e. The molecule has 0 aliphatic carbocycles. The predicted octanol–water partition coefficient (Wildman–Crippen LogP) is 2.08. The number of aryl methyl sites for hydroxylation is 1. The van der Waals surface area contributed by atoms with Crippen LogP contribution in [0.1, 0.15) is 34.5 Å². The average Bonchev–Trinajstić information content (AvgIpc) is 2.26. The molecule has 5 heteroatoms. The van der Waals surface area contributed by atoms with Crippen LogP contribution in [0.25, 0.3) is 0 Å². The number of aliphatic hydroxyl groups is 1. The first kappa shape index (κ1) is 13.9. The standard InChI is InChI=1S/C12H13BrO4/c1-6-5-8(10(14)7(2)13)3-4-9(6)11(15)12(16)17/h3-5,7,11,15H,1-2H3,(H,16,17). The van der Waals surface area contributed by atoms with Gasteiger partial charge in [0.25, 0.3) is 0 Å². The maximum atomic E-state index is 11.7. The fraction of sp³-hybridized carbons (Fsp3) is 0.333. The van der Waals surface area contributed by atoms with Gasteiger partial charge in [-0.05, 0) is 31.0 Å². The summed E-state index contributed by atoms with van der Waals surface area (Å²) in [7, 11) is 0. The van der Waals surface area contributed by atoms with Crippen molar-refractivity contribution in [2.24, 2.45) is 0 Å². The molecule has 0 aliphatic heterocycles. The number of aliphatic hydroxyl groups excluding tert-OH is 1. The Morgan fingerprint density at radius 3 is 2.35 bits per heavy atom. The van der Waals surface area contributed by atoms with Crippen LogP contribution < -0.4 is 0 Å². The molecule has 2 atom stereocenters. The van der Waals surface area contributed by atoms with Crippen molar-refractivity contribution in [2.75, 3.05) is 0 Å². The maximum absolute atomic E-state index is 11.7. The molecule has 92 valence electrons. The van der Waals surface area contributed by atoms with Crippen LogP contribution in [0.15, 0.2) is 18.2 Å². The molecular formula is C12H13BrO4. The van der Waals surface area contributed by atoms with Gasteiger partial charge < -0.3 is 10.2 Å². The Labute approximate surface area is 107 Å². The number of carboxylic acid groups (broad SMARTS) is 1. The van der Waals surface area contributed by atoms with Crippen molar-refractivity contribution in [3.05, 3.63) is 34.9 Å². The molecule has 0 saturated carbocycles. The lowest BCUT2D eigenvalue weighted by Crippen LogP contribution is -2.14. The molecule has 4 nitrogen and oxygen atoms in total. The Kier molecular flexibility index (Phi) is 4.42. The van der Waals surface area contributed by atoms with Gasteiger partial charge in [0, 0.05) is 5.56 Å². The molecule has 17 heavy (non-hydrogen) atoms. The lowest BCUT2D eigenvalue weighted by Gasteiger charge is -2.11. The second-order valence-electron chi connectivity index (χ2n) is 3.79. The van der Waals surface area contributed by atoms with Crippen LogP contribution in [0.2, 0.25) is 0 Å². The van der Waals surface area contributed by atoms with E-state index in [1.807, 2.05) is 0 Å². The molecule has 0 heterocycles. The summed E-state index contributed by atoms with van der Waals surface area (Å²) in [5.74, 6) is -1.38. The van der Waals surface area contributed by atoms with Gasteiger partial charge in [-0.15, -0.1) is 0 Å². The highest BCUT2D eigenvalue weighted by molar-refractivity contribution is 9.10. The number of carbonyl (C=O) groups excluding carboxylic acids is 1. The summed E-state index contributed by atoms with van der Waals surface area (Å²) in [4.78, 5) is 22.0. The van der Waals surface area contributed by atoms with Crippen molar-refractivity contribution in [3.63, 3.8) is 0 Å². The topological polar surface area (TPSA) is 74.6 Å². The second-order valence-corrected chi connectivity index (χ2v) is 5.17. The summed E-state index contributed by atoms with van der Waals surface area (Å²) in [5.41, 5.74) is 1.38. The zero-order chi connectivity index (χ0) is 13.2. The molecule has 0 aromatic heterocycles. The first-order valence-electron chi connectivity index (χ1n) is 5.04. The summed E-state index contributed by atoms with van der Waals surface area (Å²) >= 11 is 3.18. The minimum atomic E-state index is -1.56. The van der Waals surface area contributed by atoms with Gasteiger partial charge in [-0.1, -0.05) is 28.1 Å². The van der Waals surface area contributed by atoms with Gasteiger partial charge in [-0.25, -0.2) is 4.79 Å². The number of alkyl halides is 1. The van der Waals surface area contributed by atoms with E-state index in [0.717, 1.165) is 0 Å². The van der Waals surface area contributed by atoms with Crippen LogP contribution in [0.4, 0.5) is 0 Å². The molecule has 0 fully saturated rings. The highest BCUT2D eigenvalue weighted by Crippen LogP contribution is 2.20. The van der Waals surface area contributed by atoms with Crippen LogP contribution in [-0.4, -0.2) is 26.8 Å². The van der Waals surface area contributed by atoms with Crippen LogP contribution in [0, 0.1) is 6.92 Å². The van der Waals surface area contributed by atoms with Gasteiger partial charge in [0.1, 0.15) is 0 Å². The molecular weight excluding hydrogens is 288 g/mol. The van der Waals surface area contributed by atoms with E-state index in [4.69, 9.17) is 5.11 Å². The lowest BCUT2D eigenvalue weighted by atomic mass is 9.98. The molecule has 1 rings (SSSR count). The maximum Gasteiger partial charge on any atom is 0.337 e. The van der Waals surface area contributed by atoms with E-state index in [0.29, 0.717) is 16.7 Å². The predicted molar refractivity (Wildman–Crippen MR) is 66.5 cm³/mol. The number of halogens is 1. The van der Waals surface area contributed by atoms with Crippen LogP contribution in [0.5, 0.6) is 0 Å². The van der Waals surface area contributed by atoms with Crippen molar-refractivity contribution in [3.8, 4) is 0 Å². The van der Waals surface area contributed by atoms with E-state index in [1.54, 1.807) is 19.9 Å². The Morgan fingerprint density at radius 1 is 1.35 bits per heavy atom. The Balaban J connectivity index is 3.10. The highest BCUT2D eigenvalue weighted by atomic mass is 79.9. The third kappa shape index (κ3) is 3.14. The zero-order valence-corrected chi connectivity index (χ0v) is 11.1. The van der Waals surface area contributed by atoms with Gasteiger partial charge in [0.05, 0.1) is 4.83 Å². The summed E-state index contributed by atoms with van der Waals surface area (Å²) in [5, 5.41) is 18.1. The Bertz CT molecular complexity index is 454. The van der Waals surface area contributed by atoms with Crippen molar-refractivity contribution in [2.45, 2.75) is 24.8 Å². The minimum absolute atomic E-state index is 0.0792. The van der Waals surface area contributed by atoms with Crippen molar-refractivity contribution in [1.29, 1.82) is 0 Å². The number of Topliss-reactive ketones (excluding diaryl/α,β-unsaturated/α-hetero) is 1. The molecule has 0 radical (unpaired) electrons. The van der Waals surface area contributed by atoms with E-state index < -0.39 is 12.1 Å². The normalized spacial score (nSPS) is 14.1. The fourth-order valence-corrected chi connectivity index (χ4v) is 1.76. The largest absolute Gasteiger partial charge is 0.479 e. The van der Waals surface area contributed by atoms with Crippen LogP contribution >= 0.6 is 15.9 Å². The number of benzene rings is 1. The van der Waals surface area contributed by atoms with Gasteiger partial charge in [-0.3, -0.25) is 4.79 Å². The summed E-state index contributed by atoms with van der Waals surface area (Å²) in [6.07, 6.45) is -1.56.